The molecule has 2 fully saturated rings. The predicted octanol–water partition coefficient (Wildman–Crippen LogP) is 3.61. The number of anilines is 1. The second-order valence-electron chi connectivity index (χ2n) is 5.94. The number of benzene rings is 1. The van der Waals surface area contributed by atoms with Crippen LogP contribution >= 0.6 is 0 Å². The Morgan fingerprint density at radius 3 is 2.57 bits per heavy atom. The molecule has 0 atom stereocenters. The molecule has 0 aromatic heterocycles. The van der Waals surface area contributed by atoms with Crippen molar-refractivity contribution in [3.05, 3.63) is 47.6 Å². The molecule has 1 aromatic rings. The van der Waals surface area contributed by atoms with Crippen LogP contribution in [-0.4, -0.2) is 23.4 Å². The summed E-state index contributed by atoms with van der Waals surface area (Å²) < 4.78 is 0. The number of aryl methyl sites for hydroxylation is 1. The fourth-order valence-electron chi connectivity index (χ4n) is 3.55. The molecular formula is C17H19N3O. The number of carbonyl (C=O) groups is 1. The van der Waals surface area contributed by atoms with Crippen molar-refractivity contribution in [2.24, 2.45) is 0 Å². The first kappa shape index (κ1) is 13.7. The Balaban J connectivity index is 2.03. The Morgan fingerprint density at radius 1 is 1.33 bits per heavy atom. The lowest BCUT2D eigenvalue weighted by Crippen LogP contribution is -2.44. The van der Waals surface area contributed by atoms with Crippen molar-refractivity contribution in [3.63, 3.8) is 0 Å². The van der Waals surface area contributed by atoms with Crippen molar-refractivity contribution < 1.29 is 4.79 Å². The van der Waals surface area contributed by atoms with Crippen LogP contribution in [0.5, 0.6) is 0 Å². The molecule has 0 radical (unpaired) electrons. The van der Waals surface area contributed by atoms with Crippen LogP contribution in [0.2, 0.25) is 0 Å². The van der Waals surface area contributed by atoms with Crippen LogP contribution in [0, 0.1) is 13.5 Å². The van der Waals surface area contributed by atoms with Crippen LogP contribution in [0.15, 0.2) is 30.6 Å². The number of nitrogens with zero attached hydrogens (tertiary/aromatic N) is 3. The highest BCUT2D eigenvalue weighted by Crippen LogP contribution is 2.45. The first-order valence-corrected chi connectivity index (χ1v) is 7.27. The standard InChI is InChI=1S/C17H19N3O/c1-12-11-14(7-8-15(12)18-3)20-13(2)19(4)17(16(20)21)9-5-6-10-17/h7-8,11H,2,5-6,9-10H2,1,4H3. The molecule has 0 N–H and O–H groups in total. The number of hydrogen-bond acceptors (Lipinski definition) is 2. The lowest BCUT2D eigenvalue weighted by molar-refractivity contribution is -0.124. The van der Waals surface area contributed by atoms with Gasteiger partial charge < -0.3 is 4.90 Å². The van der Waals surface area contributed by atoms with Crippen LogP contribution in [0.3, 0.4) is 0 Å². The van der Waals surface area contributed by atoms with Crippen LogP contribution in [-0.2, 0) is 4.79 Å². The zero-order chi connectivity index (χ0) is 15.2. The van der Waals surface area contributed by atoms with Gasteiger partial charge in [-0.1, -0.05) is 25.5 Å². The van der Waals surface area contributed by atoms with E-state index in [0.717, 1.165) is 42.8 Å². The van der Waals surface area contributed by atoms with Crippen molar-refractivity contribution in [2.75, 3.05) is 11.9 Å². The van der Waals surface area contributed by atoms with Gasteiger partial charge in [-0.25, -0.2) is 4.85 Å². The summed E-state index contributed by atoms with van der Waals surface area (Å²) in [7, 11) is 1.96. The zero-order valence-corrected chi connectivity index (χ0v) is 12.5. The van der Waals surface area contributed by atoms with Crippen LogP contribution in [0.4, 0.5) is 11.4 Å². The third-order valence-corrected chi connectivity index (χ3v) is 4.88. The molecule has 4 heteroatoms. The summed E-state index contributed by atoms with van der Waals surface area (Å²) >= 11 is 0. The molecule has 1 aliphatic heterocycles. The molecular weight excluding hydrogens is 262 g/mol. The third-order valence-electron chi connectivity index (χ3n) is 4.88. The van der Waals surface area contributed by atoms with Gasteiger partial charge in [0.2, 0.25) is 0 Å². The maximum atomic E-state index is 13.0. The highest BCUT2D eigenvalue weighted by molar-refractivity contribution is 6.06. The summed E-state index contributed by atoms with van der Waals surface area (Å²) in [6.45, 7) is 13.1. The minimum atomic E-state index is -0.399. The van der Waals surface area contributed by atoms with E-state index in [2.05, 4.69) is 11.4 Å². The van der Waals surface area contributed by atoms with Gasteiger partial charge in [-0.15, -0.1) is 0 Å². The van der Waals surface area contributed by atoms with Gasteiger partial charge in [0.25, 0.3) is 5.91 Å². The van der Waals surface area contributed by atoms with Crippen molar-refractivity contribution in [1.82, 2.24) is 4.90 Å². The molecule has 1 saturated heterocycles. The molecule has 0 unspecified atom stereocenters. The quantitative estimate of drug-likeness (QED) is 0.736. The number of rotatable bonds is 1. The molecule has 3 rings (SSSR count). The normalized spacial score (nSPS) is 20.4. The molecule has 1 saturated carbocycles. The monoisotopic (exact) mass is 281 g/mol. The smallest absolute Gasteiger partial charge is 0.258 e. The van der Waals surface area contributed by atoms with Gasteiger partial charge in [-0.2, -0.15) is 0 Å². The summed E-state index contributed by atoms with van der Waals surface area (Å²) in [6.07, 6.45) is 3.98. The fourth-order valence-corrected chi connectivity index (χ4v) is 3.55. The second kappa shape index (κ2) is 4.63. The van der Waals surface area contributed by atoms with Crippen LogP contribution in [0.25, 0.3) is 4.85 Å². The Labute approximate surface area is 125 Å². The average molecular weight is 281 g/mol. The molecule has 1 amide bonds. The van der Waals surface area contributed by atoms with E-state index in [4.69, 9.17) is 6.57 Å². The van der Waals surface area contributed by atoms with Gasteiger partial charge in [0.05, 0.1) is 6.57 Å². The van der Waals surface area contributed by atoms with E-state index >= 15 is 0 Å². The third kappa shape index (κ3) is 1.77. The number of likely N-dealkylation sites (N-methyl/N-ethyl adjacent to an activating group) is 1. The molecule has 4 nitrogen and oxygen atoms in total. The Bertz CT molecular complexity index is 665. The molecule has 1 spiro atoms. The van der Waals surface area contributed by atoms with E-state index in [9.17, 15) is 4.79 Å². The largest absolute Gasteiger partial charge is 0.346 e. The summed E-state index contributed by atoms with van der Waals surface area (Å²) in [5.74, 6) is 0.860. The summed E-state index contributed by atoms with van der Waals surface area (Å²) in [4.78, 5) is 20.2. The topological polar surface area (TPSA) is 27.9 Å². The van der Waals surface area contributed by atoms with E-state index in [0.29, 0.717) is 5.69 Å². The minimum Gasteiger partial charge on any atom is -0.346 e. The Morgan fingerprint density at radius 2 is 2.00 bits per heavy atom. The van der Waals surface area contributed by atoms with E-state index in [-0.39, 0.29) is 5.91 Å². The van der Waals surface area contributed by atoms with Crippen molar-refractivity contribution in [2.45, 2.75) is 38.1 Å². The molecule has 1 aromatic carbocycles. The maximum absolute atomic E-state index is 13.0. The SMILES string of the molecule is [C-]#[N+]c1ccc(N2C(=C)N(C)C3(CCCC3)C2=O)cc1C. The van der Waals surface area contributed by atoms with Gasteiger partial charge in [0, 0.05) is 12.7 Å². The summed E-state index contributed by atoms with van der Waals surface area (Å²) in [5, 5.41) is 0. The molecule has 21 heavy (non-hydrogen) atoms. The van der Waals surface area contributed by atoms with E-state index in [1.54, 1.807) is 11.0 Å². The summed E-state index contributed by atoms with van der Waals surface area (Å²) in [5.41, 5.74) is 1.92. The number of amides is 1. The highest BCUT2D eigenvalue weighted by atomic mass is 16.2. The molecule has 2 aliphatic rings. The predicted molar refractivity (Wildman–Crippen MR) is 83.0 cm³/mol. The summed E-state index contributed by atoms with van der Waals surface area (Å²) in [6, 6.07) is 5.52. The lowest BCUT2D eigenvalue weighted by atomic mass is 9.96. The van der Waals surface area contributed by atoms with Gasteiger partial charge in [0.1, 0.15) is 11.4 Å². The first-order valence-electron chi connectivity index (χ1n) is 7.27. The van der Waals surface area contributed by atoms with Crippen molar-refractivity contribution in [1.29, 1.82) is 0 Å². The van der Waals surface area contributed by atoms with Crippen molar-refractivity contribution >= 4 is 17.3 Å². The van der Waals surface area contributed by atoms with Crippen LogP contribution in [0.1, 0.15) is 31.2 Å². The van der Waals surface area contributed by atoms with E-state index in [1.807, 2.05) is 31.0 Å². The average Bonchev–Trinajstić information content (AvgIpc) is 3.02. The molecule has 108 valence electrons. The fraction of sp³-hybridized carbons (Fsp3) is 0.412. The van der Waals surface area contributed by atoms with E-state index < -0.39 is 5.54 Å². The second-order valence-corrected chi connectivity index (χ2v) is 5.94. The first-order chi connectivity index (χ1) is 10.0. The van der Waals surface area contributed by atoms with E-state index in [1.165, 1.54) is 0 Å². The number of hydrogen-bond donors (Lipinski definition) is 0. The minimum absolute atomic E-state index is 0.127. The van der Waals surface area contributed by atoms with Gasteiger partial charge in [0.15, 0.2) is 5.69 Å². The van der Waals surface area contributed by atoms with Crippen LogP contribution < -0.4 is 4.90 Å². The zero-order valence-electron chi connectivity index (χ0n) is 12.5. The number of carbonyl (C=O) groups excluding carboxylic acids is 1. The van der Waals surface area contributed by atoms with Gasteiger partial charge >= 0.3 is 0 Å². The maximum Gasteiger partial charge on any atom is 0.258 e. The molecule has 1 heterocycles. The lowest BCUT2D eigenvalue weighted by Gasteiger charge is -2.29. The van der Waals surface area contributed by atoms with Gasteiger partial charge in [-0.3, -0.25) is 9.69 Å². The highest BCUT2D eigenvalue weighted by Gasteiger charge is 2.54. The molecule has 1 aliphatic carbocycles. The Kier molecular flexibility index (Phi) is 3.02. The molecule has 0 bridgehead atoms. The Hall–Kier alpha value is -2.28. The van der Waals surface area contributed by atoms with Crippen molar-refractivity contribution in [3.8, 4) is 0 Å². The van der Waals surface area contributed by atoms with Gasteiger partial charge in [-0.05, 0) is 37.5 Å².